The van der Waals surface area contributed by atoms with Gasteiger partial charge in [-0.3, -0.25) is 0 Å². The maximum absolute atomic E-state index is 11.8. The SMILES string of the molecule is CC(C)(C)OC(=O)c1cc2cc(C(=O)O)sc2s1. The van der Waals surface area contributed by atoms with Crippen molar-refractivity contribution in [3.8, 4) is 0 Å². The molecule has 0 bridgehead atoms. The number of carbonyl (C=O) groups excluding carboxylic acids is 1. The van der Waals surface area contributed by atoms with Gasteiger partial charge in [-0.25, -0.2) is 9.59 Å². The lowest BCUT2D eigenvalue weighted by atomic mass is 10.2. The molecular formula is C12H12O4S2. The van der Waals surface area contributed by atoms with E-state index < -0.39 is 11.6 Å². The fourth-order valence-corrected chi connectivity index (χ4v) is 3.53. The second kappa shape index (κ2) is 4.37. The quantitative estimate of drug-likeness (QED) is 0.855. The van der Waals surface area contributed by atoms with Crippen LogP contribution in [-0.4, -0.2) is 22.6 Å². The van der Waals surface area contributed by atoms with E-state index in [-0.39, 0.29) is 10.8 Å². The van der Waals surface area contributed by atoms with Crippen LogP contribution in [0.2, 0.25) is 0 Å². The van der Waals surface area contributed by atoms with Gasteiger partial charge < -0.3 is 9.84 Å². The first-order valence-electron chi connectivity index (χ1n) is 5.26. The van der Waals surface area contributed by atoms with Crippen molar-refractivity contribution in [2.75, 3.05) is 0 Å². The Hall–Kier alpha value is -1.40. The van der Waals surface area contributed by atoms with Crippen molar-refractivity contribution in [3.63, 3.8) is 0 Å². The Balaban J connectivity index is 2.28. The first kappa shape index (κ1) is 13.0. The van der Waals surface area contributed by atoms with Gasteiger partial charge in [0.1, 0.15) is 15.4 Å². The average Bonchev–Trinajstić information content (AvgIpc) is 2.69. The second-order valence-corrected chi connectivity index (χ2v) is 7.13. The van der Waals surface area contributed by atoms with E-state index in [4.69, 9.17) is 9.84 Å². The number of esters is 1. The van der Waals surface area contributed by atoms with Crippen LogP contribution in [0.25, 0.3) is 9.40 Å². The van der Waals surface area contributed by atoms with Crippen molar-refractivity contribution >= 4 is 44.0 Å². The molecule has 0 aromatic carbocycles. The maximum atomic E-state index is 11.8. The summed E-state index contributed by atoms with van der Waals surface area (Å²) in [7, 11) is 0. The molecule has 96 valence electrons. The van der Waals surface area contributed by atoms with Crippen LogP contribution in [-0.2, 0) is 4.74 Å². The largest absolute Gasteiger partial charge is 0.477 e. The molecular weight excluding hydrogens is 272 g/mol. The first-order chi connectivity index (χ1) is 8.26. The molecule has 0 aliphatic heterocycles. The minimum atomic E-state index is -0.942. The van der Waals surface area contributed by atoms with E-state index in [2.05, 4.69) is 0 Å². The number of ether oxygens (including phenoxy) is 1. The summed E-state index contributed by atoms with van der Waals surface area (Å²) in [5, 5.41) is 9.64. The maximum Gasteiger partial charge on any atom is 0.348 e. The molecule has 0 amide bonds. The van der Waals surface area contributed by atoms with Gasteiger partial charge in [-0.1, -0.05) is 0 Å². The third kappa shape index (κ3) is 2.70. The lowest BCUT2D eigenvalue weighted by molar-refractivity contribution is 0.00751. The van der Waals surface area contributed by atoms with Crippen LogP contribution in [0, 0.1) is 0 Å². The fraction of sp³-hybridized carbons (Fsp3) is 0.333. The van der Waals surface area contributed by atoms with Crippen LogP contribution < -0.4 is 0 Å². The Morgan fingerprint density at radius 2 is 1.72 bits per heavy atom. The van der Waals surface area contributed by atoms with E-state index >= 15 is 0 Å². The van der Waals surface area contributed by atoms with Gasteiger partial charge in [0.2, 0.25) is 0 Å². The molecule has 0 fully saturated rings. The Bertz CT molecular complexity index is 584. The number of rotatable bonds is 2. The number of hydrogen-bond donors (Lipinski definition) is 1. The van der Waals surface area contributed by atoms with Crippen molar-refractivity contribution in [2.45, 2.75) is 26.4 Å². The van der Waals surface area contributed by atoms with Gasteiger partial charge >= 0.3 is 11.9 Å². The zero-order valence-electron chi connectivity index (χ0n) is 10.1. The fourth-order valence-electron chi connectivity index (χ4n) is 1.37. The van der Waals surface area contributed by atoms with Gasteiger partial charge in [-0.2, -0.15) is 0 Å². The highest BCUT2D eigenvalue weighted by atomic mass is 32.2. The highest BCUT2D eigenvalue weighted by Gasteiger charge is 2.21. The van der Waals surface area contributed by atoms with E-state index in [0.29, 0.717) is 4.88 Å². The Morgan fingerprint density at radius 1 is 1.17 bits per heavy atom. The molecule has 0 aliphatic carbocycles. The number of carbonyl (C=O) groups is 2. The molecule has 4 nitrogen and oxygen atoms in total. The Kier molecular flexibility index (Phi) is 3.16. The van der Waals surface area contributed by atoms with Gasteiger partial charge in [0.25, 0.3) is 0 Å². The molecule has 2 aromatic heterocycles. The van der Waals surface area contributed by atoms with Crippen LogP contribution in [0.4, 0.5) is 0 Å². The molecule has 2 rings (SSSR count). The molecule has 0 spiro atoms. The standard InChI is InChI=1S/C12H12O4S2/c1-12(2,3)16-10(15)8-5-6-4-7(9(13)14)17-11(6)18-8/h4-5H,1-3H3,(H,13,14). The molecule has 0 unspecified atom stereocenters. The summed E-state index contributed by atoms with van der Waals surface area (Å²) in [4.78, 5) is 23.4. The van der Waals surface area contributed by atoms with Crippen molar-refractivity contribution in [2.24, 2.45) is 0 Å². The zero-order valence-corrected chi connectivity index (χ0v) is 11.8. The minimum absolute atomic E-state index is 0.284. The number of aromatic carboxylic acids is 1. The zero-order chi connectivity index (χ0) is 13.5. The molecule has 1 N–H and O–H groups in total. The summed E-state index contributed by atoms with van der Waals surface area (Å²) in [6.45, 7) is 5.43. The van der Waals surface area contributed by atoms with Crippen LogP contribution in [0.3, 0.4) is 0 Å². The van der Waals surface area contributed by atoms with Gasteiger partial charge in [0, 0.05) is 5.39 Å². The molecule has 0 aliphatic rings. The monoisotopic (exact) mass is 284 g/mol. The minimum Gasteiger partial charge on any atom is -0.477 e. The van der Waals surface area contributed by atoms with E-state index in [1.165, 1.54) is 22.7 Å². The van der Waals surface area contributed by atoms with Crippen molar-refractivity contribution in [1.29, 1.82) is 0 Å². The molecule has 0 saturated heterocycles. The summed E-state index contributed by atoms with van der Waals surface area (Å²) >= 11 is 2.44. The number of fused-ring (bicyclic) bond motifs is 1. The number of thiophene rings is 2. The number of carboxylic acids is 1. The van der Waals surface area contributed by atoms with Gasteiger partial charge in [0.15, 0.2) is 0 Å². The van der Waals surface area contributed by atoms with Crippen LogP contribution in [0.1, 0.15) is 40.1 Å². The molecule has 0 saturated carbocycles. The second-order valence-electron chi connectivity index (χ2n) is 4.77. The third-order valence-electron chi connectivity index (χ3n) is 2.03. The van der Waals surface area contributed by atoms with Crippen molar-refractivity contribution in [1.82, 2.24) is 0 Å². The van der Waals surface area contributed by atoms with Crippen LogP contribution in [0.15, 0.2) is 12.1 Å². The summed E-state index contributed by atoms with van der Waals surface area (Å²) < 4.78 is 6.09. The summed E-state index contributed by atoms with van der Waals surface area (Å²) in [5.74, 6) is -1.31. The molecule has 2 aromatic rings. The Morgan fingerprint density at radius 3 is 2.22 bits per heavy atom. The topological polar surface area (TPSA) is 63.6 Å². The van der Waals surface area contributed by atoms with Crippen LogP contribution in [0.5, 0.6) is 0 Å². The van der Waals surface area contributed by atoms with Gasteiger partial charge in [-0.05, 0) is 32.9 Å². The molecule has 0 radical (unpaired) electrons. The summed E-state index contributed by atoms with van der Waals surface area (Å²) in [5.41, 5.74) is -0.527. The molecule has 18 heavy (non-hydrogen) atoms. The lowest BCUT2D eigenvalue weighted by Crippen LogP contribution is -2.23. The predicted molar refractivity (Wildman–Crippen MR) is 71.8 cm³/mol. The predicted octanol–water partition coefficient (Wildman–Crippen LogP) is 3.62. The first-order valence-corrected chi connectivity index (χ1v) is 6.89. The van der Waals surface area contributed by atoms with E-state index in [1.807, 2.05) is 20.8 Å². The lowest BCUT2D eigenvalue weighted by Gasteiger charge is -2.18. The van der Waals surface area contributed by atoms with E-state index in [0.717, 1.165) is 9.40 Å². The molecule has 2 heterocycles. The van der Waals surface area contributed by atoms with Gasteiger partial charge in [0.05, 0.1) is 4.01 Å². The van der Waals surface area contributed by atoms with Crippen molar-refractivity contribution < 1.29 is 19.4 Å². The summed E-state index contributed by atoms with van der Waals surface area (Å²) in [6.07, 6.45) is 0. The van der Waals surface area contributed by atoms with Gasteiger partial charge in [-0.15, -0.1) is 22.7 Å². The smallest absolute Gasteiger partial charge is 0.348 e. The number of carboxylic acid groups (broad SMARTS) is 1. The summed E-state index contributed by atoms with van der Waals surface area (Å²) in [6, 6.07) is 3.25. The van der Waals surface area contributed by atoms with E-state index in [9.17, 15) is 9.59 Å². The molecule has 6 heteroatoms. The Labute approximate surface area is 112 Å². The van der Waals surface area contributed by atoms with E-state index in [1.54, 1.807) is 12.1 Å². The molecule has 0 atom stereocenters. The highest BCUT2D eigenvalue weighted by Crippen LogP contribution is 2.34. The van der Waals surface area contributed by atoms with Crippen LogP contribution >= 0.6 is 22.7 Å². The number of hydrogen-bond acceptors (Lipinski definition) is 5. The average molecular weight is 284 g/mol. The van der Waals surface area contributed by atoms with Crippen molar-refractivity contribution in [3.05, 3.63) is 21.9 Å². The highest BCUT2D eigenvalue weighted by molar-refractivity contribution is 7.39. The third-order valence-corrected chi connectivity index (χ3v) is 4.38. The normalized spacial score (nSPS) is 11.7.